The van der Waals surface area contributed by atoms with Gasteiger partial charge in [-0.05, 0) is 48.3 Å². The molecule has 0 aromatic heterocycles. The average Bonchev–Trinajstić information content (AvgIpc) is 3.11. The van der Waals surface area contributed by atoms with Crippen LogP contribution in [0.1, 0.15) is 85.5 Å². The first-order valence-electron chi connectivity index (χ1n) is 13.4. The number of piperidine rings is 1. The molecule has 1 saturated heterocycles. The van der Waals surface area contributed by atoms with Gasteiger partial charge < -0.3 is 15.5 Å². The van der Waals surface area contributed by atoms with Crippen molar-refractivity contribution in [2.45, 2.75) is 104 Å². The summed E-state index contributed by atoms with van der Waals surface area (Å²) in [4.78, 5) is 65.7. The minimum absolute atomic E-state index is 0.00701. The molecule has 3 aliphatic carbocycles. The van der Waals surface area contributed by atoms with E-state index in [0.29, 0.717) is 18.9 Å². The summed E-state index contributed by atoms with van der Waals surface area (Å²) < 4.78 is 0. The number of likely N-dealkylation sites (tertiary alicyclic amines) is 1. The van der Waals surface area contributed by atoms with Crippen molar-refractivity contribution in [2.75, 3.05) is 6.54 Å². The van der Waals surface area contributed by atoms with Crippen LogP contribution in [0.4, 0.5) is 0 Å². The van der Waals surface area contributed by atoms with E-state index in [1.54, 1.807) is 4.90 Å². The summed E-state index contributed by atoms with van der Waals surface area (Å²) >= 11 is 0. The van der Waals surface area contributed by atoms with Crippen LogP contribution >= 0.6 is 0 Å². The minimum atomic E-state index is -0.840. The van der Waals surface area contributed by atoms with E-state index in [1.807, 2.05) is 0 Å². The van der Waals surface area contributed by atoms with Crippen molar-refractivity contribution in [1.82, 2.24) is 15.5 Å². The predicted molar refractivity (Wildman–Crippen MR) is 130 cm³/mol. The molecule has 0 aromatic carbocycles. The average molecular weight is 488 g/mol. The van der Waals surface area contributed by atoms with Gasteiger partial charge in [0.1, 0.15) is 12.1 Å². The van der Waals surface area contributed by atoms with Crippen LogP contribution in [0, 0.1) is 29.1 Å². The highest BCUT2D eigenvalue weighted by Crippen LogP contribution is 2.65. The van der Waals surface area contributed by atoms with Gasteiger partial charge in [0.25, 0.3) is 0 Å². The zero-order valence-electron chi connectivity index (χ0n) is 21.6. The first kappa shape index (κ1) is 25.8. The van der Waals surface area contributed by atoms with E-state index >= 15 is 0 Å². The molecule has 0 bridgehead atoms. The molecule has 0 aromatic rings. The Bertz CT molecular complexity index is 889. The SMILES string of the molecule is CC(=O)N[C@H](C(=O)N1C[C@H]2[C@@H]([C@H]1C(=O)N[C@@H](CC1CCC1)C(=O)C(C)=O)C2(C)C)C1CCCCC1. The molecule has 4 fully saturated rings. The molecule has 8 heteroatoms. The quantitative estimate of drug-likeness (QED) is 0.485. The lowest BCUT2D eigenvalue weighted by Gasteiger charge is -2.37. The van der Waals surface area contributed by atoms with Gasteiger partial charge in [-0.3, -0.25) is 24.0 Å². The number of Topliss-reactive ketones (excluding diaryl/α,β-unsaturated/α-hetero) is 2. The highest BCUT2D eigenvalue weighted by Gasteiger charge is 2.69. The van der Waals surface area contributed by atoms with Crippen molar-refractivity contribution in [3.8, 4) is 0 Å². The number of amides is 3. The van der Waals surface area contributed by atoms with Crippen molar-refractivity contribution in [2.24, 2.45) is 29.1 Å². The summed E-state index contributed by atoms with van der Waals surface area (Å²) in [5, 5.41) is 5.78. The van der Waals surface area contributed by atoms with Crippen molar-refractivity contribution in [1.29, 1.82) is 0 Å². The Morgan fingerprint density at radius 2 is 1.57 bits per heavy atom. The van der Waals surface area contributed by atoms with Crippen LogP contribution in [0.15, 0.2) is 0 Å². The highest BCUT2D eigenvalue weighted by atomic mass is 16.2. The van der Waals surface area contributed by atoms with Crippen LogP contribution in [-0.4, -0.2) is 58.9 Å². The Labute approximate surface area is 208 Å². The molecule has 3 saturated carbocycles. The largest absolute Gasteiger partial charge is 0.344 e. The van der Waals surface area contributed by atoms with Gasteiger partial charge >= 0.3 is 0 Å². The zero-order chi connectivity index (χ0) is 25.5. The summed E-state index contributed by atoms with van der Waals surface area (Å²) in [6.45, 7) is 7.38. The highest BCUT2D eigenvalue weighted by molar-refractivity contribution is 6.38. The number of nitrogens with one attached hydrogen (secondary N) is 2. The van der Waals surface area contributed by atoms with E-state index in [2.05, 4.69) is 24.5 Å². The van der Waals surface area contributed by atoms with Crippen LogP contribution in [0.2, 0.25) is 0 Å². The molecule has 35 heavy (non-hydrogen) atoms. The third-order valence-electron chi connectivity index (χ3n) is 9.28. The smallest absolute Gasteiger partial charge is 0.246 e. The van der Waals surface area contributed by atoms with Gasteiger partial charge in [0, 0.05) is 20.4 Å². The molecule has 8 nitrogen and oxygen atoms in total. The number of ketones is 2. The van der Waals surface area contributed by atoms with Crippen molar-refractivity contribution >= 4 is 29.3 Å². The van der Waals surface area contributed by atoms with Crippen molar-refractivity contribution < 1.29 is 24.0 Å². The number of hydrogen-bond acceptors (Lipinski definition) is 5. The first-order valence-corrected chi connectivity index (χ1v) is 13.4. The fourth-order valence-corrected chi connectivity index (χ4v) is 6.86. The minimum Gasteiger partial charge on any atom is -0.344 e. The van der Waals surface area contributed by atoms with E-state index < -0.39 is 29.7 Å². The molecule has 4 rings (SSSR count). The number of hydrogen-bond donors (Lipinski definition) is 2. The lowest BCUT2D eigenvalue weighted by atomic mass is 9.79. The first-order chi connectivity index (χ1) is 16.5. The van der Waals surface area contributed by atoms with Crippen LogP contribution in [0.25, 0.3) is 0 Å². The number of rotatable bonds is 9. The maximum Gasteiger partial charge on any atom is 0.246 e. The zero-order valence-corrected chi connectivity index (χ0v) is 21.6. The summed E-state index contributed by atoms with van der Waals surface area (Å²) in [5.74, 6) is -1.28. The number of carbonyl (C=O) groups excluding carboxylic acids is 5. The second kappa shape index (κ2) is 10.0. The van der Waals surface area contributed by atoms with Gasteiger partial charge in [-0.15, -0.1) is 0 Å². The molecule has 0 spiro atoms. The Balaban J connectivity index is 1.54. The van der Waals surface area contributed by atoms with Crippen LogP contribution in [-0.2, 0) is 24.0 Å². The summed E-state index contributed by atoms with van der Waals surface area (Å²) in [6, 6.07) is -2.16. The van der Waals surface area contributed by atoms with Crippen LogP contribution in [0.3, 0.4) is 0 Å². The molecule has 4 aliphatic rings. The van der Waals surface area contributed by atoms with E-state index in [-0.39, 0.29) is 40.9 Å². The molecule has 0 unspecified atom stereocenters. The van der Waals surface area contributed by atoms with Gasteiger partial charge in [0.15, 0.2) is 5.78 Å². The summed E-state index contributed by atoms with van der Waals surface area (Å²) in [5.41, 5.74) is -0.0683. The fraction of sp³-hybridized carbons (Fsp3) is 0.815. The van der Waals surface area contributed by atoms with E-state index in [4.69, 9.17) is 0 Å². The van der Waals surface area contributed by atoms with Crippen LogP contribution < -0.4 is 10.6 Å². The Kier molecular flexibility index (Phi) is 7.39. The Morgan fingerprint density at radius 1 is 0.914 bits per heavy atom. The van der Waals surface area contributed by atoms with Gasteiger partial charge in [0.05, 0.1) is 6.04 Å². The standard InChI is InChI=1S/C27H41N3O5/c1-15(31)24(33)20(13-17-9-8-10-17)29-25(34)23-21-19(27(21,3)4)14-30(23)26(35)22(28-16(2)32)18-11-6-5-7-12-18/h17-23H,5-14H2,1-4H3,(H,28,32)(H,29,34)/t19-,20-,21-,22-,23-/m0/s1. The molecule has 194 valence electrons. The van der Waals surface area contributed by atoms with Crippen molar-refractivity contribution in [3.05, 3.63) is 0 Å². The normalized spacial score (nSPS) is 29.4. The molecule has 0 radical (unpaired) electrons. The Morgan fingerprint density at radius 3 is 2.11 bits per heavy atom. The maximum atomic E-state index is 13.8. The second-order valence-electron chi connectivity index (χ2n) is 12.0. The number of carbonyl (C=O) groups is 5. The molecule has 2 N–H and O–H groups in total. The predicted octanol–water partition coefficient (Wildman–Crippen LogP) is 2.39. The monoisotopic (exact) mass is 487 g/mol. The third-order valence-corrected chi connectivity index (χ3v) is 9.28. The Hall–Kier alpha value is -2.25. The van der Waals surface area contributed by atoms with E-state index in [1.165, 1.54) is 13.8 Å². The third kappa shape index (κ3) is 5.17. The molecule has 1 heterocycles. The van der Waals surface area contributed by atoms with Gasteiger partial charge in [-0.1, -0.05) is 52.4 Å². The summed E-state index contributed by atoms with van der Waals surface area (Å²) in [6.07, 6.45) is 8.56. The number of nitrogens with zero attached hydrogens (tertiary/aromatic N) is 1. The topological polar surface area (TPSA) is 113 Å². The van der Waals surface area contributed by atoms with Gasteiger partial charge in [-0.25, -0.2) is 0 Å². The molecule has 3 amide bonds. The molecular weight excluding hydrogens is 446 g/mol. The molecule has 5 atom stereocenters. The number of fused-ring (bicyclic) bond motifs is 1. The van der Waals surface area contributed by atoms with Crippen LogP contribution in [0.5, 0.6) is 0 Å². The maximum absolute atomic E-state index is 13.8. The molecular formula is C27H41N3O5. The lowest BCUT2D eigenvalue weighted by molar-refractivity contribution is -0.145. The lowest BCUT2D eigenvalue weighted by Crippen LogP contribution is -2.59. The van der Waals surface area contributed by atoms with E-state index in [9.17, 15) is 24.0 Å². The summed E-state index contributed by atoms with van der Waals surface area (Å²) in [7, 11) is 0. The van der Waals surface area contributed by atoms with Gasteiger partial charge in [0.2, 0.25) is 23.5 Å². The van der Waals surface area contributed by atoms with E-state index in [0.717, 1.165) is 51.4 Å². The van der Waals surface area contributed by atoms with Crippen molar-refractivity contribution in [3.63, 3.8) is 0 Å². The second-order valence-corrected chi connectivity index (χ2v) is 12.0. The molecule has 1 aliphatic heterocycles. The fourth-order valence-electron chi connectivity index (χ4n) is 6.86. The van der Waals surface area contributed by atoms with Gasteiger partial charge in [-0.2, -0.15) is 0 Å².